The van der Waals surface area contributed by atoms with Gasteiger partial charge < -0.3 is 0 Å². The zero-order chi connectivity index (χ0) is 10.4. The van der Waals surface area contributed by atoms with E-state index in [4.69, 9.17) is 0 Å². The van der Waals surface area contributed by atoms with Crippen molar-refractivity contribution in [2.45, 2.75) is 33.6 Å². The number of unbranched alkanes of at least 4 members (excludes halogenated alkanes) is 1. The fourth-order valence-electron chi connectivity index (χ4n) is 1.11. The van der Waals surface area contributed by atoms with Crippen molar-refractivity contribution in [3.05, 3.63) is 35.2 Å². The summed E-state index contributed by atoms with van der Waals surface area (Å²) >= 11 is 1.85. The van der Waals surface area contributed by atoms with Crippen molar-refractivity contribution in [2.24, 2.45) is 0 Å². The fourth-order valence-corrected chi connectivity index (χ4v) is 2.04. The highest BCUT2D eigenvalue weighted by Crippen LogP contribution is 2.23. The van der Waals surface area contributed by atoms with Crippen LogP contribution < -0.4 is 0 Å². The van der Waals surface area contributed by atoms with Gasteiger partial charge in [0, 0.05) is 9.58 Å². The van der Waals surface area contributed by atoms with Crippen LogP contribution in [-0.2, 0) is 0 Å². The maximum absolute atomic E-state index is 2.22. The lowest BCUT2D eigenvalue weighted by atomic mass is 10.2. The van der Waals surface area contributed by atoms with E-state index in [0.717, 1.165) is 0 Å². The van der Waals surface area contributed by atoms with Crippen molar-refractivity contribution >= 4 is 21.4 Å². The molecule has 0 radical (unpaired) electrons. The van der Waals surface area contributed by atoms with E-state index in [1.165, 1.54) is 27.8 Å². The van der Waals surface area contributed by atoms with Gasteiger partial charge >= 0.3 is 0 Å². The molecule has 1 aromatic carbocycles. The highest BCUT2D eigenvalue weighted by atomic mass is 32.1. The number of rotatable bonds is 1. The second-order valence-corrected chi connectivity index (χ2v) is 4.68. The third-order valence-corrected chi connectivity index (χ3v) is 3.08. The first-order valence-corrected chi connectivity index (χ1v) is 6.04. The summed E-state index contributed by atoms with van der Waals surface area (Å²) in [6, 6.07) is 10.7. The zero-order valence-corrected chi connectivity index (χ0v) is 10.0. The average Bonchev–Trinajstić information content (AvgIpc) is 2.58. The molecule has 0 unspecified atom stereocenters. The number of fused-ring (bicyclic) bond motifs is 1. The summed E-state index contributed by atoms with van der Waals surface area (Å²) in [6.07, 6.45) is 2.64. The van der Waals surface area contributed by atoms with E-state index in [1.54, 1.807) is 0 Å². The first kappa shape index (κ1) is 11.3. The predicted molar refractivity (Wildman–Crippen MR) is 67.1 cm³/mol. The van der Waals surface area contributed by atoms with Crippen molar-refractivity contribution in [1.29, 1.82) is 0 Å². The molecule has 0 saturated carbocycles. The first-order chi connectivity index (χ1) is 6.77. The molecule has 0 nitrogen and oxygen atoms in total. The number of thiophene rings is 1. The summed E-state index contributed by atoms with van der Waals surface area (Å²) in [5.74, 6) is 0. The summed E-state index contributed by atoms with van der Waals surface area (Å²) in [6.45, 7) is 6.50. The molecule has 0 N–H and O–H groups in total. The summed E-state index contributed by atoms with van der Waals surface area (Å²) in [5, 5.41) is 1.37. The number of aryl methyl sites for hydroxylation is 1. The average molecular weight is 206 g/mol. The Balaban J connectivity index is 0.000000213. The normalized spacial score (nSPS) is 9.64. The summed E-state index contributed by atoms with van der Waals surface area (Å²) in [4.78, 5) is 1.39. The van der Waals surface area contributed by atoms with Gasteiger partial charge in [0.25, 0.3) is 0 Å². The second-order valence-electron chi connectivity index (χ2n) is 3.39. The van der Waals surface area contributed by atoms with Crippen LogP contribution in [-0.4, -0.2) is 0 Å². The molecule has 0 fully saturated rings. The molecule has 1 heteroatoms. The molecule has 0 bridgehead atoms. The summed E-state index contributed by atoms with van der Waals surface area (Å²) in [7, 11) is 0. The van der Waals surface area contributed by atoms with Crippen LogP contribution in [0.2, 0.25) is 0 Å². The van der Waals surface area contributed by atoms with Crippen LogP contribution in [0.3, 0.4) is 0 Å². The molecule has 14 heavy (non-hydrogen) atoms. The molecule has 2 rings (SSSR count). The predicted octanol–water partition coefficient (Wildman–Crippen LogP) is 5.02. The third kappa shape index (κ3) is 3.15. The molecule has 2 aromatic rings. The Hall–Kier alpha value is -0.820. The van der Waals surface area contributed by atoms with Gasteiger partial charge in [0.2, 0.25) is 0 Å². The highest BCUT2D eigenvalue weighted by Gasteiger charge is 1.93. The maximum atomic E-state index is 2.22. The summed E-state index contributed by atoms with van der Waals surface area (Å²) < 4.78 is 1.39. The SMILES string of the molecule is CCCC.Cc1cc2ccccc2s1. The van der Waals surface area contributed by atoms with Gasteiger partial charge in [-0.25, -0.2) is 0 Å². The molecular weight excluding hydrogens is 188 g/mol. The molecule has 0 atom stereocenters. The maximum Gasteiger partial charge on any atom is 0.0345 e. The van der Waals surface area contributed by atoms with Crippen molar-refractivity contribution in [3.63, 3.8) is 0 Å². The molecule has 0 spiro atoms. The molecule has 76 valence electrons. The van der Waals surface area contributed by atoms with Crippen LogP contribution in [0.25, 0.3) is 10.1 Å². The van der Waals surface area contributed by atoms with Crippen molar-refractivity contribution in [2.75, 3.05) is 0 Å². The van der Waals surface area contributed by atoms with Gasteiger partial charge in [-0.1, -0.05) is 44.9 Å². The van der Waals surface area contributed by atoms with E-state index >= 15 is 0 Å². The Kier molecular flexibility index (Phi) is 4.68. The van der Waals surface area contributed by atoms with E-state index in [2.05, 4.69) is 51.1 Å². The van der Waals surface area contributed by atoms with Gasteiger partial charge in [-0.15, -0.1) is 11.3 Å². The van der Waals surface area contributed by atoms with Crippen molar-refractivity contribution in [3.8, 4) is 0 Å². The second kappa shape index (κ2) is 5.82. The summed E-state index contributed by atoms with van der Waals surface area (Å²) in [5.41, 5.74) is 0. The van der Waals surface area contributed by atoms with Crippen LogP contribution in [0.5, 0.6) is 0 Å². The molecule has 0 aliphatic carbocycles. The number of hydrogen-bond acceptors (Lipinski definition) is 1. The minimum absolute atomic E-state index is 1.32. The van der Waals surface area contributed by atoms with Crippen LogP contribution in [0.4, 0.5) is 0 Å². The third-order valence-electron chi connectivity index (χ3n) is 2.05. The Labute approximate surface area is 90.6 Å². The van der Waals surface area contributed by atoms with Gasteiger partial charge in [-0.05, 0) is 24.4 Å². The standard InChI is InChI=1S/C9H8S.C4H10/c1-7-6-8-4-2-3-5-9(8)10-7;1-3-4-2/h2-6H,1H3;3-4H2,1-2H3. The lowest BCUT2D eigenvalue weighted by Gasteiger charge is -1.82. The van der Waals surface area contributed by atoms with Crippen LogP contribution in [0.15, 0.2) is 30.3 Å². The fraction of sp³-hybridized carbons (Fsp3) is 0.385. The van der Waals surface area contributed by atoms with Gasteiger partial charge in [-0.2, -0.15) is 0 Å². The number of benzene rings is 1. The van der Waals surface area contributed by atoms with E-state index < -0.39 is 0 Å². The smallest absolute Gasteiger partial charge is 0.0345 e. The van der Waals surface area contributed by atoms with Crippen LogP contribution in [0, 0.1) is 6.92 Å². The Bertz CT molecular complexity index is 338. The molecule has 0 aliphatic heterocycles. The Morgan fingerprint density at radius 1 is 1.07 bits per heavy atom. The van der Waals surface area contributed by atoms with Crippen molar-refractivity contribution < 1.29 is 0 Å². The Morgan fingerprint density at radius 3 is 2.29 bits per heavy atom. The van der Waals surface area contributed by atoms with E-state index in [9.17, 15) is 0 Å². The molecule has 1 aromatic heterocycles. The first-order valence-electron chi connectivity index (χ1n) is 5.23. The largest absolute Gasteiger partial charge is 0.141 e. The lowest BCUT2D eigenvalue weighted by molar-refractivity contribution is 0.886. The molecule has 1 heterocycles. The minimum Gasteiger partial charge on any atom is -0.141 e. The topological polar surface area (TPSA) is 0 Å². The Morgan fingerprint density at radius 2 is 1.71 bits per heavy atom. The highest BCUT2D eigenvalue weighted by molar-refractivity contribution is 7.19. The number of hydrogen-bond donors (Lipinski definition) is 0. The minimum atomic E-state index is 1.32. The van der Waals surface area contributed by atoms with Gasteiger partial charge in [-0.3, -0.25) is 0 Å². The van der Waals surface area contributed by atoms with E-state index in [-0.39, 0.29) is 0 Å². The zero-order valence-electron chi connectivity index (χ0n) is 9.21. The van der Waals surface area contributed by atoms with Crippen molar-refractivity contribution in [1.82, 2.24) is 0 Å². The van der Waals surface area contributed by atoms with Crippen LogP contribution >= 0.6 is 11.3 Å². The van der Waals surface area contributed by atoms with Gasteiger partial charge in [0.1, 0.15) is 0 Å². The van der Waals surface area contributed by atoms with Crippen LogP contribution in [0.1, 0.15) is 31.6 Å². The van der Waals surface area contributed by atoms with E-state index in [1.807, 2.05) is 11.3 Å². The van der Waals surface area contributed by atoms with Gasteiger partial charge in [0.05, 0.1) is 0 Å². The molecular formula is C13H18S. The quantitative estimate of drug-likeness (QED) is 0.615. The molecule has 0 saturated heterocycles. The monoisotopic (exact) mass is 206 g/mol. The molecule has 0 aliphatic rings. The van der Waals surface area contributed by atoms with E-state index in [0.29, 0.717) is 0 Å². The van der Waals surface area contributed by atoms with Gasteiger partial charge in [0.15, 0.2) is 0 Å². The lowest BCUT2D eigenvalue weighted by Crippen LogP contribution is -1.56. The molecule has 0 amide bonds.